The highest BCUT2D eigenvalue weighted by Gasteiger charge is 2.41. The Balaban J connectivity index is 1.59. The number of piperazine rings is 1. The number of nitrogens with zero attached hydrogens (tertiary/aromatic N) is 1. The van der Waals surface area contributed by atoms with E-state index in [2.05, 4.69) is 24.1 Å². The first-order chi connectivity index (χ1) is 8.26. The summed E-state index contributed by atoms with van der Waals surface area (Å²) < 4.78 is 0. The van der Waals surface area contributed by atoms with E-state index in [1.165, 1.54) is 38.9 Å². The van der Waals surface area contributed by atoms with Gasteiger partial charge in [0.25, 0.3) is 0 Å². The molecule has 0 radical (unpaired) electrons. The summed E-state index contributed by atoms with van der Waals surface area (Å²) in [6.07, 6.45) is 7.48. The number of nitrogens with one attached hydrogen (secondary N) is 1. The van der Waals surface area contributed by atoms with Gasteiger partial charge in [-0.3, -0.25) is 4.90 Å². The summed E-state index contributed by atoms with van der Waals surface area (Å²) in [5.74, 6) is 3.22. The first-order valence-electron chi connectivity index (χ1n) is 7.73. The van der Waals surface area contributed by atoms with E-state index in [4.69, 9.17) is 0 Å². The van der Waals surface area contributed by atoms with Crippen LogP contribution in [0.3, 0.4) is 0 Å². The van der Waals surface area contributed by atoms with Crippen molar-refractivity contribution >= 4 is 0 Å². The Morgan fingerprint density at radius 3 is 2.76 bits per heavy atom. The molecule has 0 aromatic carbocycles. The Kier molecular flexibility index (Phi) is 3.45. The molecule has 2 nitrogen and oxygen atoms in total. The SMILES string of the molecule is CCC1CNC(C)CN1CC1CC2CCC1C2. The molecule has 1 saturated heterocycles. The Labute approximate surface area is 106 Å². The van der Waals surface area contributed by atoms with Crippen molar-refractivity contribution in [3.8, 4) is 0 Å². The quantitative estimate of drug-likeness (QED) is 0.810. The lowest BCUT2D eigenvalue weighted by atomic mass is 9.87. The lowest BCUT2D eigenvalue weighted by Crippen LogP contribution is -2.56. The Bertz CT molecular complexity index is 266. The molecule has 1 N–H and O–H groups in total. The van der Waals surface area contributed by atoms with Gasteiger partial charge in [0.2, 0.25) is 0 Å². The lowest BCUT2D eigenvalue weighted by molar-refractivity contribution is 0.0962. The number of fused-ring (bicyclic) bond motifs is 2. The zero-order chi connectivity index (χ0) is 11.8. The summed E-state index contributed by atoms with van der Waals surface area (Å²) in [6.45, 7) is 8.55. The third-order valence-corrected chi connectivity index (χ3v) is 5.55. The average molecular weight is 236 g/mol. The van der Waals surface area contributed by atoms with Crippen LogP contribution in [0.5, 0.6) is 0 Å². The van der Waals surface area contributed by atoms with E-state index in [1.807, 2.05) is 0 Å². The fourth-order valence-corrected chi connectivity index (χ4v) is 4.56. The molecule has 0 aromatic heterocycles. The van der Waals surface area contributed by atoms with E-state index in [0.717, 1.165) is 23.8 Å². The zero-order valence-corrected chi connectivity index (χ0v) is 11.5. The van der Waals surface area contributed by atoms with Crippen molar-refractivity contribution < 1.29 is 0 Å². The summed E-state index contributed by atoms with van der Waals surface area (Å²) in [4.78, 5) is 2.80. The minimum absolute atomic E-state index is 0.691. The van der Waals surface area contributed by atoms with E-state index in [9.17, 15) is 0 Å². The van der Waals surface area contributed by atoms with E-state index < -0.39 is 0 Å². The molecule has 2 aliphatic carbocycles. The predicted octanol–water partition coefficient (Wildman–Crippen LogP) is 2.49. The Morgan fingerprint density at radius 1 is 1.24 bits per heavy atom. The molecular weight excluding hydrogens is 208 g/mol. The largest absolute Gasteiger partial charge is 0.311 e. The third kappa shape index (κ3) is 2.39. The van der Waals surface area contributed by atoms with Gasteiger partial charge in [0.15, 0.2) is 0 Å². The van der Waals surface area contributed by atoms with Crippen LogP contribution in [0, 0.1) is 17.8 Å². The summed E-state index contributed by atoms with van der Waals surface area (Å²) in [6, 6.07) is 1.49. The van der Waals surface area contributed by atoms with Gasteiger partial charge in [-0.2, -0.15) is 0 Å². The Hall–Kier alpha value is -0.0800. The Morgan fingerprint density at radius 2 is 2.12 bits per heavy atom. The molecule has 3 fully saturated rings. The molecule has 0 spiro atoms. The molecule has 1 aliphatic heterocycles. The summed E-state index contributed by atoms with van der Waals surface area (Å²) >= 11 is 0. The van der Waals surface area contributed by atoms with Crippen LogP contribution in [0.2, 0.25) is 0 Å². The second-order valence-electron chi connectivity index (χ2n) is 6.76. The molecule has 2 saturated carbocycles. The number of hydrogen-bond acceptors (Lipinski definition) is 2. The normalized spacial score (nSPS) is 46.6. The van der Waals surface area contributed by atoms with Crippen LogP contribution < -0.4 is 5.32 Å². The number of hydrogen-bond donors (Lipinski definition) is 1. The monoisotopic (exact) mass is 236 g/mol. The molecule has 17 heavy (non-hydrogen) atoms. The highest BCUT2D eigenvalue weighted by atomic mass is 15.2. The van der Waals surface area contributed by atoms with Crippen LogP contribution in [0.15, 0.2) is 0 Å². The second-order valence-corrected chi connectivity index (χ2v) is 6.76. The van der Waals surface area contributed by atoms with Gasteiger partial charge in [-0.05, 0) is 50.4 Å². The van der Waals surface area contributed by atoms with Crippen molar-refractivity contribution in [1.29, 1.82) is 0 Å². The van der Waals surface area contributed by atoms with Crippen molar-refractivity contribution in [3.63, 3.8) is 0 Å². The molecule has 0 aromatic rings. The predicted molar refractivity (Wildman–Crippen MR) is 72.1 cm³/mol. The minimum Gasteiger partial charge on any atom is -0.311 e. The van der Waals surface area contributed by atoms with Crippen LogP contribution in [0.4, 0.5) is 0 Å². The van der Waals surface area contributed by atoms with Crippen molar-refractivity contribution in [3.05, 3.63) is 0 Å². The van der Waals surface area contributed by atoms with Crippen molar-refractivity contribution in [1.82, 2.24) is 10.2 Å². The van der Waals surface area contributed by atoms with Crippen LogP contribution in [-0.2, 0) is 0 Å². The van der Waals surface area contributed by atoms with E-state index in [-0.39, 0.29) is 0 Å². The van der Waals surface area contributed by atoms with Gasteiger partial charge < -0.3 is 5.32 Å². The smallest absolute Gasteiger partial charge is 0.0218 e. The fraction of sp³-hybridized carbons (Fsp3) is 1.00. The minimum atomic E-state index is 0.691. The van der Waals surface area contributed by atoms with Gasteiger partial charge in [-0.15, -0.1) is 0 Å². The highest BCUT2D eigenvalue weighted by Crippen LogP contribution is 2.48. The van der Waals surface area contributed by atoms with E-state index in [0.29, 0.717) is 6.04 Å². The maximum atomic E-state index is 3.63. The molecule has 2 bridgehead atoms. The molecule has 3 rings (SSSR count). The zero-order valence-electron chi connectivity index (χ0n) is 11.5. The van der Waals surface area contributed by atoms with Crippen LogP contribution in [-0.4, -0.2) is 36.6 Å². The summed E-state index contributed by atoms with van der Waals surface area (Å²) in [7, 11) is 0. The molecule has 0 amide bonds. The average Bonchev–Trinajstić information content (AvgIpc) is 2.91. The first-order valence-corrected chi connectivity index (χ1v) is 7.73. The summed E-state index contributed by atoms with van der Waals surface area (Å²) in [5.41, 5.74) is 0. The van der Waals surface area contributed by atoms with Crippen LogP contribution in [0.25, 0.3) is 0 Å². The fourth-order valence-electron chi connectivity index (χ4n) is 4.56. The maximum Gasteiger partial charge on any atom is 0.0218 e. The van der Waals surface area contributed by atoms with Crippen LogP contribution in [0.1, 0.15) is 46.0 Å². The second kappa shape index (κ2) is 4.89. The van der Waals surface area contributed by atoms with Gasteiger partial charge in [0, 0.05) is 31.7 Å². The lowest BCUT2D eigenvalue weighted by Gasteiger charge is -2.41. The molecule has 1 heterocycles. The standard InChI is InChI=1S/C15H28N2/c1-3-15-8-16-11(2)9-17(15)10-14-7-12-4-5-13(14)6-12/h11-16H,3-10H2,1-2H3. The topological polar surface area (TPSA) is 15.3 Å². The number of rotatable bonds is 3. The highest BCUT2D eigenvalue weighted by molar-refractivity contribution is 4.93. The van der Waals surface area contributed by atoms with Gasteiger partial charge in [-0.25, -0.2) is 0 Å². The van der Waals surface area contributed by atoms with Gasteiger partial charge in [0.05, 0.1) is 0 Å². The molecule has 2 heteroatoms. The van der Waals surface area contributed by atoms with E-state index in [1.54, 1.807) is 12.8 Å². The van der Waals surface area contributed by atoms with Gasteiger partial charge >= 0.3 is 0 Å². The third-order valence-electron chi connectivity index (χ3n) is 5.55. The van der Waals surface area contributed by atoms with Crippen LogP contribution >= 0.6 is 0 Å². The van der Waals surface area contributed by atoms with Gasteiger partial charge in [-0.1, -0.05) is 13.3 Å². The summed E-state index contributed by atoms with van der Waals surface area (Å²) in [5, 5.41) is 3.63. The molecule has 98 valence electrons. The molecule has 5 unspecified atom stereocenters. The molecule has 5 atom stereocenters. The van der Waals surface area contributed by atoms with Crippen molar-refractivity contribution in [2.75, 3.05) is 19.6 Å². The van der Waals surface area contributed by atoms with Gasteiger partial charge in [0.1, 0.15) is 0 Å². The maximum absolute atomic E-state index is 3.63. The van der Waals surface area contributed by atoms with E-state index >= 15 is 0 Å². The van der Waals surface area contributed by atoms with Crippen molar-refractivity contribution in [2.45, 2.75) is 58.0 Å². The van der Waals surface area contributed by atoms with Crippen molar-refractivity contribution in [2.24, 2.45) is 17.8 Å². The molecule has 3 aliphatic rings. The molecular formula is C15H28N2. The first kappa shape index (κ1) is 12.0.